The molecule has 1 aromatic rings. The summed E-state index contributed by atoms with van der Waals surface area (Å²) in [5.74, 6) is -1.27. The number of aliphatic hydroxyl groups excluding tert-OH is 1. The summed E-state index contributed by atoms with van der Waals surface area (Å²) in [6.45, 7) is 2.19. The van der Waals surface area contributed by atoms with Crippen molar-refractivity contribution in [2.24, 2.45) is 0 Å². The number of aliphatic hydroxyl groups is 1. The van der Waals surface area contributed by atoms with Gasteiger partial charge < -0.3 is 10.0 Å². The second-order valence-corrected chi connectivity index (χ2v) is 4.86. The molecule has 0 aliphatic carbocycles. The standard InChI is InChI=1S/C15H20F3NO2/c1-2-10-19(14(21)13(20)15(16,17)18)11-6-9-12-7-4-3-5-8-12/h3-5,7-8,13,20H,2,6,9-11H2,1H3. The van der Waals surface area contributed by atoms with E-state index in [1.165, 1.54) is 0 Å². The fourth-order valence-corrected chi connectivity index (χ4v) is 2.03. The molecule has 0 saturated heterocycles. The summed E-state index contributed by atoms with van der Waals surface area (Å²) >= 11 is 0. The Morgan fingerprint density at radius 3 is 2.38 bits per heavy atom. The molecule has 1 rings (SSSR count). The monoisotopic (exact) mass is 303 g/mol. The molecule has 0 aliphatic rings. The number of aryl methyl sites for hydroxylation is 1. The lowest BCUT2D eigenvalue weighted by molar-refractivity contribution is -0.210. The Balaban J connectivity index is 2.55. The number of hydrogen-bond acceptors (Lipinski definition) is 2. The smallest absolute Gasteiger partial charge is 0.376 e. The normalized spacial score (nSPS) is 13.0. The molecule has 3 nitrogen and oxygen atoms in total. The third-order valence-corrected chi connectivity index (χ3v) is 3.09. The predicted molar refractivity (Wildman–Crippen MR) is 73.7 cm³/mol. The minimum atomic E-state index is -4.91. The first-order valence-electron chi connectivity index (χ1n) is 6.93. The first kappa shape index (κ1) is 17.5. The highest BCUT2D eigenvalue weighted by atomic mass is 19.4. The van der Waals surface area contributed by atoms with Crippen LogP contribution in [0.4, 0.5) is 13.2 Å². The molecule has 1 aromatic carbocycles. The van der Waals surface area contributed by atoms with E-state index in [1.54, 1.807) is 6.92 Å². The Morgan fingerprint density at radius 1 is 1.24 bits per heavy atom. The van der Waals surface area contributed by atoms with E-state index < -0.39 is 18.2 Å². The van der Waals surface area contributed by atoms with Gasteiger partial charge in [0.2, 0.25) is 6.10 Å². The average molecular weight is 303 g/mol. The van der Waals surface area contributed by atoms with Crippen molar-refractivity contribution < 1.29 is 23.1 Å². The van der Waals surface area contributed by atoms with Crippen LogP contribution in [0.5, 0.6) is 0 Å². The molecule has 0 spiro atoms. The van der Waals surface area contributed by atoms with Gasteiger partial charge in [-0.05, 0) is 24.8 Å². The maximum atomic E-state index is 12.4. The number of rotatable bonds is 7. The number of carbonyl (C=O) groups is 1. The van der Waals surface area contributed by atoms with Gasteiger partial charge in [0.05, 0.1) is 0 Å². The lowest BCUT2D eigenvalue weighted by Crippen LogP contribution is -2.47. The molecular weight excluding hydrogens is 283 g/mol. The van der Waals surface area contributed by atoms with E-state index in [1.807, 2.05) is 30.3 Å². The van der Waals surface area contributed by atoms with Gasteiger partial charge in [0.25, 0.3) is 5.91 Å². The summed E-state index contributed by atoms with van der Waals surface area (Å²) in [4.78, 5) is 12.8. The minimum absolute atomic E-state index is 0.203. The molecule has 0 aliphatic heterocycles. The van der Waals surface area contributed by atoms with Crippen LogP contribution in [0.2, 0.25) is 0 Å². The topological polar surface area (TPSA) is 40.5 Å². The molecule has 0 fully saturated rings. The fraction of sp³-hybridized carbons (Fsp3) is 0.533. The summed E-state index contributed by atoms with van der Waals surface area (Å²) < 4.78 is 37.2. The van der Waals surface area contributed by atoms with E-state index >= 15 is 0 Å². The second kappa shape index (κ2) is 8.02. The Labute approximate surface area is 122 Å². The maximum Gasteiger partial charge on any atom is 0.423 e. The highest BCUT2D eigenvalue weighted by molar-refractivity contribution is 5.81. The molecule has 0 saturated carbocycles. The van der Waals surface area contributed by atoms with Crippen LogP contribution in [0.15, 0.2) is 30.3 Å². The third kappa shape index (κ3) is 5.75. The summed E-state index contributed by atoms with van der Waals surface area (Å²) in [5, 5.41) is 9.05. The minimum Gasteiger partial charge on any atom is -0.376 e. The summed E-state index contributed by atoms with van der Waals surface area (Å²) in [5.41, 5.74) is 1.07. The first-order chi connectivity index (χ1) is 9.86. The van der Waals surface area contributed by atoms with Crippen molar-refractivity contribution in [2.45, 2.75) is 38.5 Å². The van der Waals surface area contributed by atoms with Gasteiger partial charge in [-0.25, -0.2) is 0 Å². The largest absolute Gasteiger partial charge is 0.423 e. The second-order valence-electron chi connectivity index (χ2n) is 4.86. The molecule has 0 radical (unpaired) electrons. The number of carbonyl (C=O) groups excluding carboxylic acids is 1. The van der Waals surface area contributed by atoms with E-state index in [-0.39, 0.29) is 13.1 Å². The molecule has 0 bridgehead atoms. The number of amides is 1. The van der Waals surface area contributed by atoms with Crippen LogP contribution in [0.25, 0.3) is 0 Å². The highest BCUT2D eigenvalue weighted by Crippen LogP contribution is 2.22. The molecule has 0 aromatic heterocycles. The summed E-state index contributed by atoms with van der Waals surface area (Å²) in [7, 11) is 0. The Bertz CT molecular complexity index is 434. The van der Waals surface area contributed by atoms with E-state index in [0.717, 1.165) is 10.5 Å². The molecule has 1 N–H and O–H groups in total. The average Bonchev–Trinajstić information content (AvgIpc) is 2.45. The van der Waals surface area contributed by atoms with E-state index in [0.29, 0.717) is 19.3 Å². The van der Waals surface area contributed by atoms with Crippen LogP contribution < -0.4 is 0 Å². The van der Waals surface area contributed by atoms with Crippen LogP contribution >= 0.6 is 0 Å². The molecule has 21 heavy (non-hydrogen) atoms. The number of nitrogens with zero attached hydrogens (tertiary/aromatic N) is 1. The number of halogens is 3. The Hall–Kier alpha value is -1.56. The number of alkyl halides is 3. The van der Waals surface area contributed by atoms with Gasteiger partial charge in [0, 0.05) is 13.1 Å². The van der Waals surface area contributed by atoms with Crippen LogP contribution in [0.1, 0.15) is 25.3 Å². The zero-order chi connectivity index (χ0) is 15.9. The van der Waals surface area contributed by atoms with Crippen LogP contribution in [-0.4, -0.2) is 41.3 Å². The van der Waals surface area contributed by atoms with Crippen LogP contribution in [0.3, 0.4) is 0 Å². The van der Waals surface area contributed by atoms with Gasteiger partial charge >= 0.3 is 6.18 Å². The quantitative estimate of drug-likeness (QED) is 0.841. The number of benzene rings is 1. The SMILES string of the molecule is CCCN(CCCc1ccccc1)C(=O)C(O)C(F)(F)F. The van der Waals surface area contributed by atoms with Crippen LogP contribution in [-0.2, 0) is 11.2 Å². The lowest BCUT2D eigenvalue weighted by atomic mass is 10.1. The van der Waals surface area contributed by atoms with Gasteiger partial charge in [-0.2, -0.15) is 13.2 Å². The fourth-order valence-electron chi connectivity index (χ4n) is 2.03. The van der Waals surface area contributed by atoms with E-state index in [2.05, 4.69) is 0 Å². The number of hydrogen-bond donors (Lipinski definition) is 1. The molecule has 0 heterocycles. The van der Waals surface area contributed by atoms with Gasteiger partial charge in [-0.15, -0.1) is 0 Å². The van der Waals surface area contributed by atoms with E-state index in [4.69, 9.17) is 5.11 Å². The van der Waals surface area contributed by atoms with Crippen molar-refractivity contribution in [3.63, 3.8) is 0 Å². The van der Waals surface area contributed by atoms with Crippen molar-refractivity contribution in [2.75, 3.05) is 13.1 Å². The van der Waals surface area contributed by atoms with Gasteiger partial charge in [-0.1, -0.05) is 37.3 Å². The molecule has 1 unspecified atom stereocenters. The zero-order valence-electron chi connectivity index (χ0n) is 11.9. The maximum absolute atomic E-state index is 12.4. The summed E-state index contributed by atoms with van der Waals surface area (Å²) in [6.07, 6.45) is -6.07. The van der Waals surface area contributed by atoms with Crippen molar-refractivity contribution in [3.05, 3.63) is 35.9 Å². The van der Waals surface area contributed by atoms with Crippen molar-refractivity contribution in [1.82, 2.24) is 4.90 Å². The Morgan fingerprint density at radius 2 is 1.86 bits per heavy atom. The molecule has 1 atom stereocenters. The van der Waals surface area contributed by atoms with Gasteiger partial charge in [0.15, 0.2) is 0 Å². The molecular formula is C15H20F3NO2. The third-order valence-electron chi connectivity index (χ3n) is 3.09. The highest BCUT2D eigenvalue weighted by Gasteiger charge is 2.45. The van der Waals surface area contributed by atoms with Crippen LogP contribution in [0, 0.1) is 0 Å². The van der Waals surface area contributed by atoms with Crippen molar-refractivity contribution in [1.29, 1.82) is 0 Å². The molecule has 1 amide bonds. The van der Waals surface area contributed by atoms with Crippen molar-refractivity contribution >= 4 is 5.91 Å². The van der Waals surface area contributed by atoms with Gasteiger partial charge in [0.1, 0.15) is 0 Å². The summed E-state index contributed by atoms with van der Waals surface area (Å²) in [6, 6.07) is 9.51. The predicted octanol–water partition coefficient (Wildman–Crippen LogP) is 2.78. The zero-order valence-corrected chi connectivity index (χ0v) is 11.9. The molecule has 118 valence electrons. The first-order valence-corrected chi connectivity index (χ1v) is 6.93. The van der Waals surface area contributed by atoms with Crippen molar-refractivity contribution in [3.8, 4) is 0 Å². The Kier molecular flexibility index (Phi) is 6.68. The van der Waals surface area contributed by atoms with Gasteiger partial charge in [-0.3, -0.25) is 4.79 Å². The molecule has 6 heteroatoms. The van der Waals surface area contributed by atoms with E-state index in [9.17, 15) is 18.0 Å². The lowest BCUT2D eigenvalue weighted by Gasteiger charge is -2.25.